The minimum absolute atomic E-state index is 0.145. The Morgan fingerprint density at radius 2 is 1.73 bits per heavy atom. The molecule has 2 aromatic rings. The van der Waals surface area contributed by atoms with E-state index in [9.17, 15) is 9.59 Å². The van der Waals surface area contributed by atoms with Gasteiger partial charge in [-0.3, -0.25) is 4.79 Å². The van der Waals surface area contributed by atoms with Gasteiger partial charge in [0.05, 0.1) is 0 Å². The summed E-state index contributed by atoms with van der Waals surface area (Å²) in [7, 11) is 0. The van der Waals surface area contributed by atoms with Gasteiger partial charge in [0, 0.05) is 18.7 Å². The van der Waals surface area contributed by atoms with E-state index in [1.165, 1.54) is 0 Å². The van der Waals surface area contributed by atoms with Crippen molar-refractivity contribution in [2.24, 2.45) is 0 Å². The zero-order valence-corrected chi connectivity index (χ0v) is 15.4. The maximum Gasteiger partial charge on any atom is 0.349 e. The summed E-state index contributed by atoms with van der Waals surface area (Å²) in [4.78, 5) is 25.6. The molecule has 3 rings (SSSR count). The van der Waals surface area contributed by atoms with Crippen molar-refractivity contribution in [3.05, 3.63) is 53.1 Å². The average Bonchev–Trinajstić information content (AvgIpc) is 3.03. The van der Waals surface area contributed by atoms with Gasteiger partial charge in [0.2, 0.25) is 5.91 Å². The number of hydrogen-bond acceptors (Lipinski definition) is 4. The molecule has 5 nitrogen and oxygen atoms in total. The summed E-state index contributed by atoms with van der Waals surface area (Å²) in [6.07, 6.45) is 1.49. The van der Waals surface area contributed by atoms with Gasteiger partial charge in [-0.05, 0) is 62.6 Å². The van der Waals surface area contributed by atoms with E-state index in [-0.39, 0.29) is 12.5 Å². The van der Waals surface area contributed by atoms with Gasteiger partial charge in [0.1, 0.15) is 11.5 Å². The van der Waals surface area contributed by atoms with E-state index >= 15 is 0 Å². The first-order valence-electron chi connectivity index (χ1n) is 8.76. The van der Waals surface area contributed by atoms with Crippen molar-refractivity contribution in [3.8, 4) is 11.5 Å². The van der Waals surface area contributed by atoms with Crippen molar-refractivity contribution in [1.82, 2.24) is 0 Å². The van der Waals surface area contributed by atoms with Crippen LogP contribution < -0.4 is 14.4 Å². The van der Waals surface area contributed by atoms with Crippen LogP contribution in [-0.2, 0) is 9.59 Å². The second kappa shape index (κ2) is 7.60. The van der Waals surface area contributed by atoms with Gasteiger partial charge in [-0.1, -0.05) is 17.7 Å². The zero-order chi connectivity index (χ0) is 18.7. The summed E-state index contributed by atoms with van der Waals surface area (Å²) in [5.41, 5.74) is 3.84. The van der Waals surface area contributed by atoms with Crippen LogP contribution in [0.2, 0.25) is 0 Å². The number of anilines is 1. The van der Waals surface area contributed by atoms with Crippen LogP contribution in [0.3, 0.4) is 0 Å². The van der Waals surface area contributed by atoms with Gasteiger partial charge >= 0.3 is 5.97 Å². The molecule has 0 radical (unpaired) electrons. The molecule has 0 spiro atoms. The normalized spacial score (nSPS) is 13.8. The van der Waals surface area contributed by atoms with Crippen LogP contribution in [-0.4, -0.2) is 25.0 Å². The molecule has 1 fully saturated rings. The Hall–Kier alpha value is -2.82. The lowest BCUT2D eigenvalue weighted by molar-refractivity contribution is -0.136. The highest BCUT2D eigenvalue weighted by molar-refractivity contribution is 5.95. The van der Waals surface area contributed by atoms with Crippen LogP contribution in [0.25, 0.3) is 0 Å². The number of rotatable bonds is 5. The minimum Gasteiger partial charge on any atom is -0.482 e. The maximum atomic E-state index is 12.1. The Morgan fingerprint density at radius 3 is 2.31 bits per heavy atom. The fourth-order valence-corrected chi connectivity index (χ4v) is 3.26. The topological polar surface area (TPSA) is 55.8 Å². The lowest BCUT2D eigenvalue weighted by atomic mass is 10.1. The van der Waals surface area contributed by atoms with E-state index in [4.69, 9.17) is 9.47 Å². The molecule has 1 aliphatic rings. The van der Waals surface area contributed by atoms with Crippen LogP contribution in [0, 0.1) is 20.8 Å². The number of carbonyl (C=O) groups excluding carboxylic acids is 2. The highest BCUT2D eigenvalue weighted by atomic mass is 16.6. The molecule has 0 atom stereocenters. The molecular weight excluding hydrogens is 330 g/mol. The van der Waals surface area contributed by atoms with E-state index in [1.807, 2.05) is 45.0 Å². The average molecular weight is 353 g/mol. The summed E-state index contributed by atoms with van der Waals surface area (Å²) < 4.78 is 11.0. The summed E-state index contributed by atoms with van der Waals surface area (Å²) in [6.45, 7) is 6.42. The summed E-state index contributed by atoms with van der Waals surface area (Å²) in [6, 6.07) is 11.1. The first-order valence-corrected chi connectivity index (χ1v) is 8.76. The number of ether oxygens (including phenoxy) is 2. The molecule has 0 saturated carbocycles. The molecule has 5 heteroatoms. The molecule has 0 aliphatic carbocycles. The molecule has 0 aromatic heterocycles. The number of hydrogen-bond donors (Lipinski definition) is 0. The second-order valence-electron chi connectivity index (χ2n) is 6.63. The van der Waals surface area contributed by atoms with Crippen LogP contribution in [0.1, 0.15) is 29.5 Å². The quantitative estimate of drug-likeness (QED) is 0.607. The maximum absolute atomic E-state index is 12.1. The number of amides is 1. The fourth-order valence-electron chi connectivity index (χ4n) is 3.26. The monoisotopic (exact) mass is 353 g/mol. The molecule has 1 heterocycles. The van der Waals surface area contributed by atoms with Crippen LogP contribution in [0.15, 0.2) is 36.4 Å². The molecule has 1 saturated heterocycles. The molecule has 1 amide bonds. The number of nitrogens with zero attached hydrogens (tertiary/aromatic N) is 1. The lowest BCUT2D eigenvalue weighted by Gasteiger charge is -2.16. The fraction of sp³-hybridized carbons (Fsp3) is 0.333. The Kier molecular flexibility index (Phi) is 5.26. The molecule has 136 valence electrons. The van der Waals surface area contributed by atoms with Crippen LogP contribution in [0.5, 0.6) is 11.5 Å². The Morgan fingerprint density at radius 1 is 1.08 bits per heavy atom. The zero-order valence-electron chi connectivity index (χ0n) is 15.4. The Labute approximate surface area is 153 Å². The lowest BCUT2D eigenvalue weighted by Crippen LogP contribution is -2.23. The predicted molar refractivity (Wildman–Crippen MR) is 99.8 cm³/mol. The van der Waals surface area contributed by atoms with E-state index in [0.717, 1.165) is 35.3 Å². The number of carbonyl (C=O) groups is 2. The third kappa shape index (κ3) is 4.04. The van der Waals surface area contributed by atoms with Crippen molar-refractivity contribution in [3.63, 3.8) is 0 Å². The van der Waals surface area contributed by atoms with Gasteiger partial charge in [0.25, 0.3) is 0 Å². The smallest absolute Gasteiger partial charge is 0.349 e. The molecule has 0 unspecified atom stereocenters. The van der Waals surface area contributed by atoms with Gasteiger partial charge in [-0.25, -0.2) is 4.79 Å². The van der Waals surface area contributed by atoms with E-state index in [2.05, 4.69) is 0 Å². The van der Waals surface area contributed by atoms with E-state index in [0.29, 0.717) is 17.9 Å². The Balaban J connectivity index is 1.57. The number of aryl methyl sites for hydroxylation is 3. The van der Waals surface area contributed by atoms with Crippen molar-refractivity contribution in [2.75, 3.05) is 18.1 Å². The van der Waals surface area contributed by atoms with Crippen LogP contribution >= 0.6 is 0 Å². The summed E-state index contributed by atoms with van der Waals surface area (Å²) >= 11 is 0. The van der Waals surface area contributed by atoms with Crippen molar-refractivity contribution >= 4 is 17.6 Å². The number of benzene rings is 2. The van der Waals surface area contributed by atoms with Gasteiger partial charge in [-0.2, -0.15) is 0 Å². The van der Waals surface area contributed by atoms with Crippen LogP contribution in [0.4, 0.5) is 5.69 Å². The van der Waals surface area contributed by atoms with Gasteiger partial charge in [0.15, 0.2) is 6.61 Å². The van der Waals surface area contributed by atoms with Crippen molar-refractivity contribution < 1.29 is 19.1 Å². The standard InChI is InChI=1S/C21H23NO4/c1-14-11-15(2)21(16(3)12-14)26-20(24)13-25-18-8-6-17(7-9-18)22-10-4-5-19(22)23/h6-9,11-12H,4-5,10,13H2,1-3H3. The molecule has 26 heavy (non-hydrogen) atoms. The second-order valence-corrected chi connectivity index (χ2v) is 6.63. The van der Waals surface area contributed by atoms with Crippen molar-refractivity contribution in [2.45, 2.75) is 33.6 Å². The highest BCUT2D eigenvalue weighted by Gasteiger charge is 2.21. The predicted octanol–water partition coefficient (Wildman–Crippen LogP) is 3.72. The minimum atomic E-state index is -0.446. The molecular formula is C21H23NO4. The highest BCUT2D eigenvalue weighted by Crippen LogP contribution is 2.26. The Bertz CT molecular complexity index is 803. The molecule has 0 N–H and O–H groups in total. The first kappa shape index (κ1) is 18.0. The largest absolute Gasteiger partial charge is 0.482 e. The molecule has 2 aromatic carbocycles. The third-order valence-electron chi connectivity index (χ3n) is 4.40. The van der Waals surface area contributed by atoms with Gasteiger partial charge < -0.3 is 14.4 Å². The molecule has 0 bridgehead atoms. The van der Waals surface area contributed by atoms with E-state index in [1.54, 1.807) is 17.0 Å². The summed E-state index contributed by atoms with van der Waals surface area (Å²) in [5.74, 6) is 0.853. The first-order chi connectivity index (χ1) is 12.4. The van der Waals surface area contributed by atoms with E-state index < -0.39 is 5.97 Å². The summed E-state index contributed by atoms with van der Waals surface area (Å²) in [5, 5.41) is 0. The molecule has 1 aliphatic heterocycles. The van der Waals surface area contributed by atoms with Gasteiger partial charge in [-0.15, -0.1) is 0 Å². The third-order valence-corrected chi connectivity index (χ3v) is 4.40. The SMILES string of the molecule is Cc1cc(C)c(OC(=O)COc2ccc(N3CCCC3=O)cc2)c(C)c1. The number of esters is 1. The van der Waals surface area contributed by atoms with Crippen molar-refractivity contribution in [1.29, 1.82) is 0 Å².